The van der Waals surface area contributed by atoms with Crippen molar-refractivity contribution < 1.29 is 14.0 Å². The molecule has 0 aliphatic rings. The molecule has 4 nitrogen and oxygen atoms in total. The Balaban J connectivity index is 1.83. The molecule has 3 N–H and O–H groups in total. The van der Waals surface area contributed by atoms with Crippen molar-refractivity contribution in [2.24, 2.45) is 5.73 Å². The van der Waals surface area contributed by atoms with E-state index >= 15 is 0 Å². The summed E-state index contributed by atoms with van der Waals surface area (Å²) in [6.45, 7) is 1.54. The monoisotopic (exact) mass is 376 g/mol. The number of halogens is 1. The summed E-state index contributed by atoms with van der Waals surface area (Å²) >= 11 is 0. The Morgan fingerprint density at radius 3 is 2.36 bits per heavy atom. The van der Waals surface area contributed by atoms with Gasteiger partial charge in [0.25, 0.3) is 5.91 Å². The Hall–Kier alpha value is -3.47. The first-order valence-corrected chi connectivity index (χ1v) is 8.99. The fourth-order valence-corrected chi connectivity index (χ4v) is 3.02. The van der Waals surface area contributed by atoms with Crippen LogP contribution in [0.25, 0.3) is 0 Å². The summed E-state index contributed by atoms with van der Waals surface area (Å²) in [6.07, 6.45) is 1.50. The van der Waals surface area contributed by atoms with Crippen LogP contribution < -0.4 is 11.1 Å². The van der Waals surface area contributed by atoms with Gasteiger partial charge >= 0.3 is 0 Å². The maximum Gasteiger partial charge on any atom is 0.255 e. The SMILES string of the molecule is Cc1c(F)cc(C(N)=O)cc1NC(=O)c1ccccc1CCc1ccccc1. The van der Waals surface area contributed by atoms with E-state index in [1.54, 1.807) is 12.1 Å². The quantitative estimate of drug-likeness (QED) is 0.674. The van der Waals surface area contributed by atoms with Crippen molar-refractivity contribution in [1.29, 1.82) is 0 Å². The number of carbonyl (C=O) groups is 2. The second-order valence-corrected chi connectivity index (χ2v) is 6.59. The lowest BCUT2D eigenvalue weighted by Gasteiger charge is -2.13. The lowest BCUT2D eigenvalue weighted by atomic mass is 9.99. The topological polar surface area (TPSA) is 72.2 Å². The number of primary amides is 1. The van der Waals surface area contributed by atoms with Crippen LogP contribution in [0.15, 0.2) is 66.7 Å². The fourth-order valence-electron chi connectivity index (χ4n) is 3.02. The van der Waals surface area contributed by atoms with E-state index in [2.05, 4.69) is 5.32 Å². The van der Waals surface area contributed by atoms with Crippen LogP contribution in [0.5, 0.6) is 0 Å². The molecule has 2 amide bonds. The van der Waals surface area contributed by atoms with Crippen molar-refractivity contribution in [3.63, 3.8) is 0 Å². The van der Waals surface area contributed by atoms with Gasteiger partial charge in [0.1, 0.15) is 5.82 Å². The van der Waals surface area contributed by atoms with Crippen LogP contribution in [0.3, 0.4) is 0 Å². The summed E-state index contributed by atoms with van der Waals surface area (Å²) < 4.78 is 14.1. The van der Waals surface area contributed by atoms with Gasteiger partial charge < -0.3 is 11.1 Å². The van der Waals surface area contributed by atoms with Crippen molar-refractivity contribution >= 4 is 17.5 Å². The highest BCUT2D eigenvalue weighted by atomic mass is 19.1. The van der Waals surface area contributed by atoms with Crippen LogP contribution in [0.1, 0.15) is 37.4 Å². The number of nitrogens with two attached hydrogens (primary N) is 1. The van der Waals surface area contributed by atoms with Gasteiger partial charge in [0.2, 0.25) is 5.91 Å². The summed E-state index contributed by atoms with van der Waals surface area (Å²) in [5.41, 5.74) is 8.33. The number of carbonyl (C=O) groups excluding carboxylic acids is 2. The number of nitrogens with one attached hydrogen (secondary N) is 1. The lowest BCUT2D eigenvalue weighted by molar-refractivity contribution is 0.0995. The minimum atomic E-state index is -0.752. The summed E-state index contributed by atoms with van der Waals surface area (Å²) in [7, 11) is 0. The van der Waals surface area contributed by atoms with E-state index in [1.165, 1.54) is 18.6 Å². The van der Waals surface area contributed by atoms with E-state index < -0.39 is 11.7 Å². The summed E-state index contributed by atoms with van der Waals surface area (Å²) in [6, 6.07) is 19.8. The minimum Gasteiger partial charge on any atom is -0.366 e. The smallest absolute Gasteiger partial charge is 0.255 e. The molecule has 142 valence electrons. The highest BCUT2D eigenvalue weighted by Gasteiger charge is 2.16. The van der Waals surface area contributed by atoms with Gasteiger partial charge in [-0.25, -0.2) is 4.39 Å². The van der Waals surface area contributed by atoms with Gasteiger partial charge in [-0.15, -0.1) is 0 Å². The van der Waals surface area contributed by atoms with Gasteiger partial charge in [-0.05, 0) is 49.1 Å². The summed E-state index contributed by atoms with van der Waals surface area (Å²) in [5.74, 6) is -1.70. The molecular formula is C23H21FN2O2. The third-order valence-electron chi connectivity index (χ3n) is 4.66. The molecule has 0 aliphatic heterocycles. The van der Waals surface area contributed by atoms with Crippen LogP contribution in [0.4, 0.5) is 10.1 Å². The Labute approximate surface area is 163 Å². The average Bonchev–Trinajstić information content (AvgIpc) is 2.70. The lowest BCUT2D eigenvalue weighted by Crippen LogP contribution is -2.17. The van der Waals surface area contributed by atoms with Crippen molar-refractivity contribution in [1.82, 2.24) is 0 Å². The van der Waals surface area contributed by atoms with E-state index in [9.17, 15) is 14.0 Å². The molecule has 0 fully saturated rings. The van der Waals surface area contributed by atoms with Gasteiger partial charge in [-0.2, -0.15) is 0 Å². The van der Waals surface area contributed by atoms with E-state index in [-0.39, 0.29) is 22.7 Å². The Morgan fingerprint density at radius 2 is 1.64 bits per heavy atom. The Morgan fingerprint density at radius 1 is 0.964 bits per heavy atom. The molecule has 3 aromatic carbocycles. The van der Waals surface area contributed by atoms with E-state index in [0.717, 1.165) is 18.1 Å². The third-order valence-corrected chi connectivity index (χ3v) is 4.66. The number of rotatable bonds is 6. The van der Waals surface area contributed by atoms with Gasteiger partial charge in [0.15, 0.2) is 0 Å². The molecule has 0 spiro atoms. The first-order chi connectivity index (χ1) is 13.5. The molecule has 28 heavy (non-hydrogen) atoms. The number of anilines is 1. The number of aryl methyl sites for hydroxylation is 2. The van der Waals surface area contributed by atoms with Gasteiger partial charge in [0, 0.05) is 22.4 Å². The number of hydrogen-bond donors (Lipinski definition) is 2. The first-order valence-electron chi connectivity index (χ1n) is 8.99. The molecule has 3 aromatic rings. The molecule has 0 atom stereocenters. The largest absolute Gasteiger partial charge is 0.366 e. The van der Waals surface area contributed by atoms with Crippen LogP contribution in [0, 0.1) is 12.7 Å². The Kier molecular flexibility index (Phi) is 5.84. The van der Waals surface area contributed by atoms with Crippen molar-refractivity contribution in [3.05, 3.63) is 100 Å². The molecule has 0 unspecified atom stereocenters. The van der Waals surface area contributed by atoms with E-state index in [1.807, 2.05) is 42.5 Å². The molecule has 0 heterocycles. The normalized spacial score (nSPS) is 10.5. The van der Waals surface area contributed by atoms with E-state index in [0.29, 0.717) is 12.0 Å². The zero-order valence-corrected chi connectivity index (χ0v) is 15.5. The molecule has 5 heteroatoms. The highest BCUT2D eigenvalue weighted by molar-refractivity contribution is 6.06. The van der Waals surface area contributed by atoms with E-state index in [4.69, 9.17) is 5.73 Å². The van der Waals surface area contributed by atoms with Crippen LogP contribution in [0.2, 0.25) is 0 Å². The molecule has 3 rings (SSSR count). The van der Waals surface area contributed by atoms with Crippen molar-refractivity contribution in [2.45, 2.75) is 19.8 Å². The van der Waals surface area contributed by atoms with Crippen molar-refractivity contribution in [3.8, 4) is 0 Å². The molecule has 0 aromatic heterocycles. The molecule has 0 aliphatic carbocycles. The highest BCUT2D eigenvalue weighted by Crippen LogP contribution is 2.22. The predicted molar refractivity (Wildman–Crippen MR) is 108 cm³/mol. The molecule has 0 bridgehead atoms. The zero-order chi connectivity index (χ0) is 20.1. The van der Waals surface area contributed by atoms with Gasteiger partial charge in [-0.3, -0.25) is 9.59 Å². The third kappa shape index (κ3) is 4.43. The molecular weight excluding hydrogens is 355 g/mol. The standard InChI is InChI=1S/C23H21FN2O2/c1-15-20(24)13-18(22(25)27)14-21(15)26-23(28)19-10-6-5-9-17(19)12-11-16-7-3-2-4-8-16/h2-10,13-14H,11-12H2,1H3,(H2,25,27)(H,26,28). The average molecular weight is 376 g/mol. The van der Waals surface area contributed by atoms with Crippen LogP contribution in [-0.2, 0) is 12.8 Å². The second-order valence-electron chi connectivity index (χ2n) is 6.59. The number of hydrogen-bond acceptors (Lipinski definition) is 2. The molecule has 0 radical (unpaired) electrons. The van der Waals surface area contributed by atoms with Gasteiger partial charge in [-0.1, -0.05) is 48.5 Å². The number of benzene rings is 3. The fraction of sp³-hybridized carbons (Fsp3) is 0.130. The second kappa shape index (κ2) is 8.48. The maximum atomic E-state index is 14.1. The van der Waals surface area contributed by atoms with Crippen LogP contribution >= 0.6 is 0 Å². The van der Waals surface area contributed by atoms with Gasteiger partial charge in [0.05, 0.1) is 0 Å². The Bertz CT molecular complexity index is 1020. The van der Waals surface area contributed by atoms with Crippen molar-refractivity contribution in [2.75, 3.05) is 5.32 Å². The summed E-state index contributed by atoms with van der Waals surface area (Å²) in [5, 5.41) is 2.71. The first kappa shape index (κ1) is 19.3. The predicted octanol–water partition coefficient (Wildman–Crippen LogP) is 4.27. The summed E-state index contributed by atoms with van der Waals surface area (Å²) in [4.78, 5) is 24.2. The molecule has 0 saturated heterocycles. The minimum absolute atomic E-state index is 0.00997. The molecule has 0 saturated carbocycles. The zero-order valence-electron chi connectivity index (χ0n) is 15.5. The van der Waals surface area contributed by atoms with Crippen LogP contribution in [-0.4, -0.2) is 11.8 Å². The number of amides is 2. The maximum absolute atomic E-state index is 14.1.